The molecule has 0 heterocycles. The van der Waals surface area contributed by atoms with Gasteiger partial charge in [0, 0.05) is 0 Å². The Morgan fingerprint density at radius 1 is 1.15 bits per heavy atom. The summed E-state index contributed by atoms with van der Waals surface area (Å²) in [7, 11) is -3.87. The Kier molecular flexibility index (Phi) is 7.14. The number of ether oxygens (including phenoxy) is 1. The zero-order valence-corrected chi connectivity index (χ0v) is 20.8. The van der Waals surface area contributed by atoms with E-state index in [0.29, 0.717) is 18.4 Å². The van der Waals surface area contributed by atoms with Crippen molar-refractivity contribution in [1.82, 2.24) is 5.32 Å². The molecule has 1 amide bonds. The molecular formula is C23H20Cl3FN2O4S. The van der Waals surface area contributed by atoms with Crippen LogP contribution in [0.4, 0.5) is 4.39 Å². The van der Waals surface area contributed by atoms with Crippen LogP contribution in [0.5, 0.6) is 0 Å². The second-order valence-electron chi connectivity index (χ2n) is 8.54. The molecule has 0 aliphatic heterocycles. The smallest absolute Gasteiger partial charge is 0.227 e. The summed E-state index contributed by atoms with van der Waals surface area (Å²) in [4.78, 5) is 13.0. The van der Waals surface area contributed by atoms with Gasteiger partial charge in [0.25, 0.3) is 0 Å². The number of hydrogen-bond acceptors (Lipinski definition) is 5. The Morgan fingerprint density at radius 2 is 1.85 bits per heavy atom. The van der Waals surface area contributed by atoms with Crippen LogP contribution >= 0.6 is 34.8 Å². The predicted molar refractivity (Wildman–Crippen MR) is 126 cm³/mol. The molecular weight excluding hydrogens is 526 g/mol. The number of amides is 1. The van der Waals surface area contributed by atoms with Gasteiger partial charge in [0.2, 0.25) is 5.91 Å². The Morgan fingerprint density at radius 3 is 2.50 bits per heavy atom. The van der Waals surface area contributed by atoms with E-state index in [4.69, 9.17) is 39.5 Å². The number of hydrogen-bond donors (Lipinski definition) is 1. The maximum atomic E-state index is 14.1. The summed E-state index contributed by atoms with van der Waals surface area (Å²) in [5.41, 5.74) is -0.597. The van der Waals surface area contributed by atoms with Gasteiger partial charge in [0.15, 0.2) is 15.7 Å². The van der Waals surface area contributed by atoms with E-state index in [1.807, 2.05) is 0 Å². The van der Waals surface area contributed by atoms with Gasteiger partial charge in [-0.1, -0.05) is 53.0 Å². The first-order chi connectivity index (χ1) is 16.1. The van der Waals surface area contributed by atoms with Gasteiger partial charge < -0.3 is 10.1 Å². The van der Waals surface area contributed by atoms with Crippen molar-refractivity contribution in [2.75, 3.05) is 0 Å². The van der Waals surface area contributed by atoms with Crippen molar-refractivity contribution in [1.29, 1.82) is 5.26 Å². The molecule has 1 N–H and O–H groups in total. The summed E-state index contributed by atoms with van der Waals surface area (Å²) in [6.07, 6.45) is 0.294. The Bertz CT molecular complexity index is 1280. The van der Waals surface area contributed by atoms with Crippen molar-refractivity contribution >= 4 is 50.5 Å². The molecule has 0 spiro atoms. The summed E-state index contributed by atoms with van der Waals surface area (Å²) in [6.45, 7) is -0.149. The molecule has 2 aromatic carbocycles. The van der Waals surface area contributed by atoms with Crippen LogP contribution < -0.4 is 5.32 Å². The number of rotatable bonds is 7. The zero-order chi connectivity index (χ0) is 24.7. The first kappa shape index (κ1) is 25.2. The fourth-order valence-electron chi connectivity index (χ4n) is 4.12. The third-order valence-electron chi connectivity index (χ3n) is 6.27. The van der Waals surface area contributed by atoms with Gasteiger partial charge in [-0.15, -0.1) is 0 Å². The number of carbonyl (C=O) groups is 1. The SMILES string of the molecule is N#CC1(NC(=O)[C@H]2C[C@H](S(=O)(=O)c3ccccc3Cl)C[C@@H]2OCc2ccc(Cl)c(F)c2Cl)CC1. The topological polar surface area (TPSA) is 96.3 Å². The zero-order valence-electron chi connectivity index (χ0n) is 17.7. The normalized spacial score (nSPS) is 23.3. The molecule has 0 bridgehead atoms. The van der Waals surface area contributed by atoms with Gasteiger partial charge in [-0.05, 0) is 49.4 Å². The molecule has 180 valence electrons. The minimum absolute atomic E-state index is 0.00568. The third kappa shape index (κ3) is 4.91. The molecule has 6 nitrogen and oxygen atoms in total. The number of nitriles is 1. The van der Waals surface area contributed by atoms with E-state index in [1.165, 1.54) is 24.3 Å². The summed E-state index contributed by atoms with van der Waals surface area (Å²) in [5, 5.41) is 10.9. The van der Waals surface area contributed by atoms with E-state index < -0.39 is 44.4 Å². The molecule has 0 radical (unpaired) electrons. The van der Waals surface area contributed by atoms with Crippen LogP contribution in [-0.4, -0.2) is 31.2 Å². The lowest BCUT2D eigenvalue weighted by Crippen LogP contribution is -2.42. The number of nitrogens with zero attached hydrogens (tertiary/aromatic N) is 1. The van der Waals surface area contributed by atoms with Crippen molar-refractivity contribution in [2.45, 2.75) is 54.1 Å². The Hall–Kier alpha value is -1.89. The van der Waals surface area contributed by atoms with E-state index in [0.717, 1.165) is 0 Å². The van der Waals surface area contributed by atoms with Crippen LogP contribution in [0.25, 0.3) is 0 Å². The second-order valence-corrected chi connectivity index (χ2v) is 11.9. The molecule has 2 saturated carbocycles. The lowest BCUT2D eigenvalue weighted by molar-refractivity contribution is -0.130. The van der Waals surface area contributed by atoms with Crippen molar-refractivity contribution in [2.24, 2.45) is 5.92 Å². The van der Waals surface area contributed by atoms with E-state index in [2.05, 4.69) is 11.4 Å². The quantitative estimate of drug-likeness (QED) is 0.489. The molecule has 2 aromatic rings. The largest absolute Gasteiger partial charge is 0.373 e. The number of nitrogens with one attached hydrogen (secondary N) is 1. The van der Waals surface area contributed by atoms with Crippen molar-refractivity contribution in [3.63, 3.8) is 0 Å². The first-order valence-corrected chi connectivity index (χ1v) is 13.2. The minimum atomic E-state index is -3.87. The molecule has 2 fully saturated rings. The van der Waals surface area contributed by atoms with Gasteiger partial charge in [0.1, 0.15) is 5.54 Å². The summed E-state index contributed by atoms with van der Waals surface area (Å²) < 4.78 is 46.6. The highest BCUT2D eigenvalue weighted by molar-refractivity contribution is 7.92. The van der Waals surface area contributed by atoms with Crippen LogP contribution in [0.1, 0.15) is 31.2 Å². The molecule has 0 unspecified atom stereocenters. The molecule has 2 aliphatic carbocycles. The number of carbonyl (C=O) groups excluding carboxylic acids is 1. The van der Waals surface area contributed by atoms with Crippen LogP contribution in [0.15, 0.2) is 41.3 Å². The Labute approximate surface area is 211 Å². The Balaban J connectivity index is 1.58. The van der Waals surface area contributed by atoms with E-state index in [1.54, 1.807) is 12.1 Å². The monoisotopic (exact) mass is 544 g/mol. The molecule has 34 heavy (non-hydrogen) atoms. The standard InChI is InChI=1S/C23H20Cl3FN2O4S/c24-16-3-1-2-4-19(16)34(31,32)14-9-15(22(30)29-23(12-28)7-8-23)18(10-14)33-11-13-5-6-17(25)21(27)20(13)26/h1-6,14-15,18H,7-11H2,(H,29,30)/t14-,15-,18-/m0/s1. The molecule has 3 atom stereocenters. The highest BCUT2D eigenvalue weighted by Crippen LogP contribution is 2.40. The molecule has 2 aliphatic rings. The number of benzene rings is 2. The summed E-state index contributed by atoms with van der Waals surface area (Å²) in [5.74, 6) is -2.06. The van der Waals surface area contributed by atoms with Crippen LogP contribution in [0.2, 0.25) is 15.1 Å². The highest BCUT2D eigenvalue weighted by Gasteiger charge is 2.50. The fraction of sp³-hybridized carbons (Fsp3) is 0.391. The summed E-state index contributed by atoms with van der Waals surface area (Å²) in [6, 6.07) is 11.1. The highest BCUT2D eigenvalue weighted by atomic mass is 35.5. The summed E-state index contributed by atoms with van der Waals surface area (Å²) >= 11 is 17.9. The number of sulfone groups is 1. The molecule has 11 heteroatoms. The average Bonchev–Trinajstić information content (AvgIpc) is 3.44. The molecule has 0 saturated heterocycles. The van der Waals surface area contributed by atoms with Crippen LogP contribution in [0, 0.1) is 23.1 Å². The van der Waals surface area contributed by atoms with Gasteiger partial charge in [0.05, 0.1) is 49.9 Å². The average molecular weight is 546 g/mol. The van der Waals surface area contributed by atoms with E-state index in [9.17, 15) is 22.9 Å². The fourth-order valence-corrected chi connectivity index (χ4v) is 6.87. The van der Waals surface area contributed by atoms with E-state index >= 15 is 0 Å². The lowest BCUT2D eigenvalue weighted by Gasteiger charge is -2.21. The van der Waals surface area contributed by atoms with E-state index in [-0.39, 0.29) is 39.4 Å². The van der Waals surface area contributed by atoms with Gasteiger partial charge in [-0.3, -0.25) is 4.79 Å². The van der Waals surface area contributed by atoms with Crippen LogP contribution in [-0.2, 0) is 26.0 Å². The maximum Gasteiger partial charge on any atom is 0.227 e. The first-order valence-electron chi connectivity index (χ1n) is 10.5. The minimum Gasteiger partial charge on any atom is -0.373 e. The maximum absolute atomic E-state index is 14.1. The van der Waals surface area contributed by atoms with Crippen molar-refractivity contribution < 1.29 is 22.3 Å². The number of halogens is 4. The van der Waals surface area contributed by atoms with Gasteiger partial charge in [-0.25, -0.2) is 12.8 Å². The molecule has 0 aromatic heterocycles. The third-order valence-corrected chi connectivity index (χ3v) is 9.65. The van der Waals surface area contributed by atoms with Gasteiger partial charge >= 0.3 is 0 Å². The second kappa shape index (κ2) is 9.63. The molecule has 4 rings (SSSR count). The van der Waals surface area contributed by atoms with Crippen molar-refractivity contribution in [3.8, 4) is 6.07 Å². The van der Waals surface area contributed by atoms with Crippen molar-refractivity contribution in [3.05, 3.63) is 62.8 Å². The van der Waals surface area contributed by atoms with Crippen LogP contribution in [0.3, 0.4) is 0 Å². The van der Waals surface area contributed by atoms with Gasteiger partial charge in [-0.2, -0.15) is 5.26 Å². The lowest BCUT2D eigenvalue weighted by atomic mass is 10.0. The predicted octanol–water partition coefficient (Wildman–Crippen LogP) is 5.10.